The zero-order valence-corrected chi connectivity index (χ0v) is 61.2. The molecule has 29 nitrogen and oxygen atoms in total. The Hall–Kier alpha value is -10.1. The summed E-state index contributed by atoms with van der Waals surface area (Å²) in [5, 5.41) is 20.8. The van der Waals surface area contributed by atoms with Gasteiger partial charge < -0.3 is 65.8 Å². The van der Waals surface area contributed by atoms with Crippen LogP contribution in [0.15, 0.2) is 79.3 Å². The highest BCUT2D eigenvalue weighted by atomic mass is 32.2. The zero-order valence-electron chi connectivity index (χ0n) is 57.9. The smallest absolute Gasteiger partial charge is 0.279 e. The van der Waals surface area contributed by atoms with Crippen LogP contribution in [-0.2, 0) is 10.0 Å². The first-order chi connectivity index (χ1) is 47.9. The third-order valence-corrected chi connectivity index (χ3v) is 21.8. The Bertz CT molecular complexity index is 4720. The van der Waals surface area contributed by atoms with Crippen molar-refractivity contribution in [3.8, 4) is 0 Å². The Morgan fingerprint density at radius 3 is 1.23 bits per heavy atom. The van der Waals surface area contributed by atoms with E-state index in [2.05, 4.69) is 97.5 Å². The number of hydrogen-bond donors (Lipinski definition) is 5. The number of aryl methyl sites for hydroxylation is 5. The van der Waals surface area contributed by atoms with Gasteiger partial charge >= 0.3 is 0 Å². The fraction of sp³-hybridized carbons (Fsp3) is 0.358. The minimum absolute atomic E-state index is 0.143. The van der Waals surface area contributed by atoms with Gasteiger partial charge in [-0.3, -0.25) is 19.2 Å². The van der Waals surface area contributed by atoms with E-state index in [4.69, 9.17) is 15.0 Å². The van der Waals surface area contributed by atoms with Crippen LogP contribution in [-0.4, -0.2) is 188 Å². The highest BCUT2D eigenvalue weighted by molar-refractivity contribution is 7.88. The molecule has 0 bridgehead atoms. The predicted octanol–water partition coefficient (Wildman–Crippen LogP) is 9.67. The molecule has 14 rings (SSSR count). The number of aromatic nitrogens is 9. The van der Waals surface area contributed by atoms with Crippen molar-refractivity contribution in [2.75, 3.05) is 162 Å². The minimum Gasteiger partial charge on any atom is -0.369 e. The summed E-state index contributed by atoms with van der Waals surface area (Å²) in [6.45, 7) is 24.1. The van der Waals surface area contributed by atoms with Crippen molar-refractivity contribution >= 4 is 163 Å². The normalized spacial score (nSPS) is 15.2. The lowest BCUT2D eigenvalue weighted by Crippen LogP contribution is -2.48. The third kappa shape index (κ3) is 14.1. The molecule has 5 aliphatic heterocycles. The summed E-state index contributed by atoms with van der Waals surface area (Å²) >= 11 is 4.46. The van der Waals surface area contributed by atoms with E-state index in [9.17, 15) is 27.6 Å². The van der Waals surface area contributed by atoms with Crippen LogP contribution in [0.25, 0.3) is 0 Å². The van der Waals surface area contributed by atoms with Crippen LogP contribution in [0.2, 0.25) is 0 Å². The number of carbonyl (C=O) groups is 4. The summed E-state index contributed by atoms with van der Waals surface area (Å²) in [5.41, 5.74) is 10.8. The van der Waals surface area contributed by atoms with Crippen LogP contribution < -0.4 is 65.8 Å². The van der Waals surface area contributed by atoms with Crippen LogP contribution in [0, 0.1) is 34.6 Å². The van der Waals surface area contributed by atoms with Gasteiger partial charge in [-0.15, -0.1) is 34.0 Å². The number of hydrogen-bond acceptors (Lipinski definition) is 27. The molecule has 9 aromatic rings. The molecular weight excluding hydrogens is 1350 g/mol. The largest absolute Gasteiger partial charge is 0.369 e. The van der Waals surface area contributed by atoms with Gasteiger partial charge in [-0.05, 0) is 127 Å². The molecule has 0 atom stereocenters. The van der Waals surface area contributed by atoms with Gasteiger partial charge in [-0.2, -0.15) is 19.3 Å². The van der Waals surface area contributed by atoms with Crippen LogP contribution in [0.5, 0.6) is 0 Å². The van der Waals surface area contributed by atoms with E-state index in [-0.39, 0.29) is 23.6 Å². The third-order valence-electron chi connectivity index (χ3n) is 17.6. The zero-order chi connectivity index (χ0) is 71.0. The van der Waals surface area contributed by atoms with E-state index < -0.39 is 10.0 Å². The summed E-state index contributed by atoms with van der Waals surface area (Å²) < 4.78 is 25.1. The van der Waals surface area contributed by atoms with E-state index in [1.807, 2.05) is 75.3 Å². The topological polar surface area (TPSA) is 308 Å². The summed E-state index contributed by atoms with van der Waals surface area (Å²) in [5.74, 6) is 2.65. The van der Waals surface area contributed by atoms with Crippen molar-refractivity contribution < 1.29 is 27.6 Å². The Kier molecular flexibility index (Phi) is 20.3. The van der Waals surface area contributed by atoms with Crippen molar-refractivity contribution in [2.24, 2.45) is 0 Å². The SMILES string of the molecule is CCN1c2nc(Nc3ccc(C(=O)NC)cc3)ncc2N(C)C(=O)c2nc(C)sc21.CCN1c2nc(Nc3ccc(N4CCN(S(C)(=O)=O)CC4)cc3C)ncc2N(C)C(=O)c2nc(C)sc21.CCN1c2nc(Nc3ccc(N4CCNCC4)cc3C)ncc2N(C)C(=O)c2nc(C)sc21. The molecule has 5 aliphatic rings. The van der Waals surface area contributed by atoms with Crippen LogP contribution in [0.3, 0.4) is 0 Å². The Morgan fingerprint density at radius 2 is 0.880 bits per heavy atom. The van der Waals surface area contributed by atoms with E-state index >= 15 is 0 Å². The lowest BCUT2D eigenvalue weighted by atomic mass is 10.1. The van der Waals surface area contributed by atoms with Gasteiger partial charge in [0.05, 0.1) is 39.9 Å². The molecule has 0 spiro atoms. The first kappa shape index (κ1) is 69.8. The molecule has 522 valence electrons. The van der Waals surface area contributed by atoms with Crippen molar-refractivity contribution in [2.45, 2.75) is 55.4 Å². The number of sulfonamides is 1. The molecule has 5 N–H and O–H groups in total. The molecule has 6 aromatic heterocycles. The van der Waals surface area contributed by atoms with Crippen molar-refractivity contribution in [3.63, 3.8) is 0 Å². The Morgan fingerprint density at radius 1 is 0.510 bits per heavy atom. The predicted molar refractivity (Wildman–Crippen MR) is 399 cm³/mol. The second kappa shape index (κ2) is 29.0. The number of thiazole rings is 3. The number of nitrogens with one attached hydrogen (secondary N) is 5. The average molecular weight is 1430 g/mol. The lowest BCUT2D eigenvalue weighted by Gasteiger charge is -2.35. The van der Waals surface area contributed by atoms with Crippen molar-refractivity contribution in [3.05, 3.63) is 128 Å². The van der Waals surface area contributed by atoms with E-state index in [0.29, 0.717) is 121 Å². The fourth-order valence-electron chi connectivity index (χ4n) is 12.2. The first-order valence-corrected chi connectivity index (χ1v) is 37.0. The van der Waals surface area contributed by atoms with Gasteiger partial charge in [0.15, 0.2) is 34.5 Å². The maximum atomic E-state index is 13.1. The first-order valence-electron chi connectivity index (χ1n) is 32.7. The number of benzene rings is 3. The molecule has 100 heavy (non-hydrogen) atoms. The lowest BCUT2D eigenvalue weighted by molar-refractivity contribution is 0.0959. The second-order valence-electron chi connectivity index (χ2n) is 24.1. The molecule has 2 fully saturated rings. The maximum Gasteiger partial charge on any atom is 0.279 e. The molecule has 3 aromatic carbocycles. The van der Waals surface area contributed by atoms with Gasteiger partial charge in [-0.1, -0.05) is 0 Å². The van der Waals surface area contributed by atoms with Crippen molar-refractivity contribution in [1.29, 1.82) is 0 Å². The Balaban J connectivity index is 0.000000143. The highest BCUT2D eigenvalue weighted by Crippen LogP contribution is 2.45. The monoisotopic (exact) mass is 1430 g/mol. The molecule has 2 saturated heterocycles. The van der Waals surface area contributed by atoms with Gasteiger partial charge in [0.2, 0.25) is 27.9 Å². The number of amides is 4. The minimum atomic E-state index is -3.16. The average Bonchev–Trinajstić information content (AvgIpc) is 1.62. The summed E-state index contributed by atoms with van der Waals surface area (Å²) in [4.78, 5) is 107. The van der Waals surface area contributed by atoms with Crippen LogP contribution in [0.4, 0.5) is 95.8 Å². The standard InChI is InChI=1S/C24H30N8O3S2.C23H28N8OS.C20H21N7O2S/c1-6-32-21-19(29(4)22(33)20-23(32)36-16(3)26-20)14-25-24(28-21)27-18-8-7-17(13-15(18)2)30-9-11-31(12-10-30)37(5,34)35;1-5-31-20-18(29(4)21(32)19-22(31)33-15(3)26-19)13-25-23(28-20)27-17-7-6-16(12-14(17)2)30-10-8-24-9-11-30;1-5-27-16-14(26(4)18(29)15-19(27)30-11(2)23-15)10-22-20(25-16)24-13-8-6-12(7-9-13)17(28)21-3/h7-8,13-14H,6,9-12H2,1-5H3,(H,25,27,28);6-7,12-13,24H,5,8-11H2,1-4H3,(H,25,27,28);6-10H,5H2,1-4H3,(H,21,28)(H,22,24,25). The van der Waals surface area contributed by atoms with Crippen LogP contribution >= 0.6 is 34.0 Å². The number of nitrogens with zero attached hydrogens (tertiary/aromatic N) is 18. The second-order valence-corrected chi connectivity index (χ2v) is 29.6. The number of piperazine rings is 2. The molecule has 0 saturated carbocycles. The molecular formula is C67H79N23O6S4. The number of rotatable bonds is 13. The molecule has 11 heterocycles. The van der Waals surface area contributed by atoms with Gasteiger partial charge in [-0.25, -0.2) is 38.3 Å². The van der Waals surface area contributed by atoms with E-state index in [1.54, 1.807) is 80.8 Å². The van der Waals surface area contributed by atoms with Gasteiger partial charge in [0.1, 0.15) is 32.1 Å². The number of carbonyl (C=O) groups excluding carboxylic acids is 4. The van der Waals surface area contributed by atoms with Crippen molar-refractivity contribution in [1.82, 2.24) is 59.8 Å². The summed E-state index contributed by atoms with van der Waals surface area (Å²) in [7, 11) is 3.59. The maximum absolute atomic E-state index is 13.1. The number of fused-ring (bicyclic) bond motifs is 6. The summed E-state index contributed by atoms with van der Waals surface area (Å²) in [6, 6.07) is 19.5. The highest BCUT2D eigenvalue weighted by Gasteiger charge is 2.37. The molecule has 4 amide bonds. The van der Waals surface area contributed by atoms with Gasteiger partial charge in [0, 0.05) is 134 Å². The van der Waals surface area contributed by atoms with Gasteiger partial charge in [0.25, 0.3) is 23.6 Å². The van der Waals surface area contributed by atoms with E-state index in [0.717, 1.165) is 90.1 Å². The summed E-state index contributed by atoms with van der Waals surface area (Å²) in [6.07, 6.45) is 6.26. The quantitative estimate of drug-likeness (QED) is 0.0717. The fourth-order valence-corrected chi connectivity index (χ4v) is 15.9. The molecule has 33 heteroatoms. The van der Waals surface area contributed by atoms with Crippen LogP contribution in [0.1, 0.15) is 88.7 Å². The molecule has 0 radical (unpaired) electrons. The molecule has 0 aliphatic carbocycles. The Labute approximate surface area is 592 Å². The number of anilines is 17. The van der Waals surface area contributed by atoms with E-state index in [1.165, 1.54) is 55.2 Å². The molecule has 0 unspecified atom stereocenters.